The van der Waals surface area contributed by atoms with Gasteiger partial charge in [0, 0.05) is 36.1 Å². The van der Waals surface area contributed by atoms with E-state index < -0.39 is 49.4 Å². The second kappa shape index (κ2) is 12.7. The number of alkyl carbamates (subject to hydrolysis) is 1. The van der Waals surface area contributed by atoms with E-state index >= 15 is 4.39 Å². The summed E-state index contributed by atoms with van der Waals surface area (Å²) in [5, 5.41) is 5.16. The number of rotatable bonds is 9. The molecule has 230 valence electrons. The number of carbonyl (C=O) groups is 1. The Morgan fingerprint density at radius 1 is 1.12 bits per heavy atom. The Morgan fingerprint density at radius 2 is 1.79 bits per heavy atom. The highest BCUT2D eigenvalue weighted by atomic mass is 32.2. The van der Waals surface area contributed by atoms with E-state index in [1.165, 1.54) is 37.3 Å². The molecule has 3 aromatic rings. The third kappa shape index (κ3) is 7.33. The van der Waals surface area contributed by atoms with Crippen LogP contribution in [0.5, 0.6) is 0 Å². The smallest absolute Gasteiger partial charge is 0.407 e. The molecular weight excluding hydrogens is 605 g/mol. The molecule has 1 unspecified atom stereocenters. The first-order valence-electron chi connectivity index (χ1n) is 13.1. The first kappa shape index (κ1) is 31.9. The van der Waals surface area contributed by atoms with Crippen molar-refractivity contribution in [2.75, 3.05) is 23.7 Å². The summed E-state index contributed by atoms with van der Waals surface area (Å²) >= 11 is 1.39. The van der Waals surface area contributed by atoms with E-state index in [0.29, 0.717) is 17.8 Å². The number of hydrogen-bond donors (Lipinski definition) is 3. The SMILES string of the molecule is COC(=O)N[C@@H](C)CNc1nccc(C2SN(C(C)(C)C)C=C2c2cccc(NS(=O)(=O)c3c(F)cccc3F)c2F)n1. The molecule has 0 aliphatic carbocycles. The van der Waals surface area contributed by atoms with Crippen LogP contribution in [0.15, 0.2) is 59.8 Å². The van der Waals surface area contributed by atoms with Gasteiger partial charge in [0.2, 0.25) is 5.95 Å². The van der Waals surface area contributed by atoms with E-state index in [9.17, 15) is 22.0 Å². The van der Waals surface area contributed by atoms with Gasteiger partial charge in [0.15, 0.2) is 10.7 Å². The number of hydrogen-bond acceptors (Lipinski definition) is 9. The van der Waals surface area contributed by atoms with Crippen molar-refractivity contribution in [3.05, 3.63) is 83.6 Å². The van der Waals surface area contributed by atoms with Gasteiger partial charge in [0.1, 0.15) is 11.6 Å². The number of nitrogens with zero attached hydrogens (tertiary/aromatic N) is 3. The first-order chi connectivity index (χ1) is 20.2. The Labute approximate surface area is 252 Å². The van der Waals surface area contributed by atoms with Crippen molar-refractivity contribution in [1.29, 1.82) is 0 Å². The van der Waals surface area contributed by atoms with E-state index in [4.69, 9.17) is 0 Å². The third-order valence-corrected chi connectivity index (χ3v) is 9.23. The number of halogens is 3. The molecule has 0 bridgehead atoms. The van der Waals surface area contributed by atoms with E-state index in [-0.39, 0.29) is 23.1 Å². The molecule has 0 radical (unpaired) electrons. The Morgan fingerprint density at radius 3 is 2.44 bits per heavy atom. The van der Waals surface area contributed by atoms with Crippen LogP contribution in [0, 0.1) is 17.5 Å². The zero-order chi connectivity index (χ0) is 31.5. The lowest BCUT2D eigenvalue weighted by atomic mass is 9.99. The Bertz CT molecular complexity index is 1630. The second-order valence-electron chi connectivity index (χ2n) is 10.6. The van der Waals surface area contributed by atoms with Gasteiger partial charge in [-0.05, 0) is 69.5 Å². The molecule has 1 aliphatic rings. The van der Waals surface area contributed by atoms with Gasteiger partial charge in [-0.15, -0.1) is 0 Å². The van der Waals surface area contributed by atoms with E-state index in [1.807, 2.05) is 29.8 Å². The summed E-state index contributed by atoms with van der Waals surface area (Å²) in [4.78, 5) is 19.1. The molecule has 0 spiro atoms. The lowest BCUT2D eigenvalue weighted by Crippen LogP contribution is -2.37. The number of nitrogens with one attached hydrogen (secondary N) is 3. The summed E-state index contributed by atoms with van der Waals surface area (Å²) < 4.78 is 78.9. The molecule has 0 fully saturated rings. The van der Waals surface area contributed by atoms with Crippen LogP contribution >= 0.6 is 11.9 Å². The molecule has 1 amide bonds. The maximum atomic E-state index is 16.0. The predicted molar refractivity (Wildman–Crippen MR) is 159 cm³/mol. The topological polar surface area (TPSA) is 126 Å². The van der Waals surface area contributed by atoms with E-state index in [1.54, 1.807) is 25.4 Å². The van der Waals surface area contributed by atoms with Crippen molar-refractivity contribution in [2.24, 2.45) is 0 Å². The normalized spacial score (nSPS) is 16.0. The summed E-state index contributed by atoms with van der Waals surface area (Å²) in [6.07, 6.45) is 2.74. The fraction of sp³-hybridized carbons (Fsp3) is 0.321. The van der Waals surface area contributed by atoms with Crippen molar-refractivity contribution in [1.82, 2.24) is 19.6 Å². The Hall–Kier alpha value is -3.98. The van der Waals surface area contributed by atoms with Gasteiger partial charge in [0.25, 0.3) is 10.0 Å². The van der Waals surface area contributed by atoms with Crippen molar-refractivity contribution < 1.29 is 31.1 Å². The molecule has 3 N–H and O–H groups in total. The average Bonchev–Trinajstić information content (AvgIpc) is 3.39. The summed E-state index contributed by atoms with van der Waals surface area (Å²) in [5.41, 5.74) is 0.235. The lowest BCUT2D eigenvalue weighted by Gasteiger charge is -2.31. The van der Waals surface area contributed by atoms with Gasteiger partial charge in [-0.25, -0.2) is 36.4 Å². The van der Waals surface area contributed by atoms with E-state index in [2.05, 4.69) is 25.3 Å². The van der Waals surface area contributed by atoms with Crippen LogP contribution in [-0.2, 0) is 14.8 Å². The summed E-state index contributed by atoms with van der Waals surface area (Å²) in [6, 6.07) is 8.13. The van der Waals surface area contributed by atoms with E-state index in [0.717, 1.165) is 18.2 Å². The minimum Gasteiger partial charge on any atom is -0.453 e. The molecule has 43 heavy (non-hydrogen) atoms. The highest BCUT2D eigenvalue weighted by Gasteiger charge is 2.36. The standard InChI is InChI=1S/C28H31F3N6O4S2/c1-16(34-27(38)41-5)14-33-26-32-13-12-22(35-26)24-18(15-37(42-24)28(2,3)4)17-8-6-11-21(23(17)31)36-43(39,40)25-19(29)9-7-10-20(25)30/h6-13,15-16,24,36H,14H2,1-5H3,(H,34,38)(H,32,33,35)/t16-,24?/m0/s1. The van der Waals surface area contributed by atoms with Gasteiger partial charge >= 0.3 is 6.09 Å². The van der Waals surface area contributed by atoms with Gasteiger partial charge in [-0.1, -0.05) is 18.2 Å². The highest BCUT2D eigenvalue weighted by Crippen LogP contribution is 2.51. The molecule has 1 aliphatic heterocycles. The number of ether oxygens (including phenoxy) is 1. The molecule has 0 saturated carbocycles. The number of carbonyl (C=O) groups excluding carboxylic acids is 1. The number of aromatic nitrogens is 2. The second-order valence-corrected chi connectivity index (χ2v) is 13.3. The molecule has 4 rings (SSSR count). The highest BCUT2D eigenvalue weighted by molar-refractivity contribution is 7.98. The quantitative estimate of drug-likeness (QED) is 0.254. The molecule has 0 saturated heterocycles. The van der Waals surface area contributed by atoms with Crippen LogP contribution in [-0.4, -0.2) is 54.0 Å². The molecule has 2 atom stereocenters. The van der Waals surface area contributed by atoms with Crippen LogP contribution in [0.2, 0.25) is 0 Å². The zero-order valence-corrected chi connectivity index (χ0v) is 25.6. The zero-order valence-electron chi connectivity index (χ0n) is 24.0. The van der Waals surface area contributed by atoms with Crippen LogP contribution in [0.3, 0.4) is 0 Å². The monoisotopic (exact) mass is 636 g/mol. The van der Waals surface area contributed by atoms with Crippen LogP contribution < -0.4 is 15.4 Å². The fourth-order valence-electron chi connectivity index (χ4n) is 4.10. The van der Waals surface area contributed by atoms with Crippen LogP contribution in [0.4, 0.5) is 29.6 Å². The average molecular weight is 637 g/mol. The predicted octanol–water partition coefficient (Wildman–Crippen LogP) is 5.70. The Balaban J connectivity index is 1.67. The molecule has 10 nitrogen and oxygen atoms in total. The maximum Gasteiger partial charge on any atom is 0.407 e. The van der Waals surface area contributed by atoms with Crippen molar-refractivity contribution in [2.45, 2.75) is 49.4 Å². The number of methoxy groups -OCH3 is 1. The van der Waals surface area contributed by atoms with Crippen LogP contribution in [0.25, 0.3) is 5.57 Å². The summed E-state index contributed by atoms with van der Waals surface area (Å²) in [7, 11) is -3.54. The largest absolute Gasteiger partial charge is 0.453 e. The molecule has 2 aromatic carbocycles. The van der Waals surface area contributed by atoms with Gasteiger partial charge < -0.3 is 19.7 Å². The van der Waals surface area contributed by atoms with Gasteiger partial charge in [-0.3, -0.25) is 4.72 Å². The van der Waals surface area contributed by atoms with Crippen molar-refractivity contribution in [3.63, 3.8) is 0 Å². The van der Waals surface area contributed by atoms with Crippen molar-refractivity contribution >= 4 is 45.3 Å². The number of amides is 1. The minimum atomic E-state index is -4.80. The summed E-state index contributed by atoms with van der Waals surface area (Å²) in [6.45, 7) is 7.99. The maximum absolute atomic E-state index is 16.0. The number of benzene rings is 2. The Kier molecular flexibility index (Phi) is 9.44. The lowest BCUT2D eigenvalue weighted by molar-refractivity contribution is 0.168. The van der Waals surface area contributed by atoms with Crippen LogP contribution in [0.1, 0.15) is 44.2 Å². The molecule has 15 heteroatoms. The number of sulfonamides is 1. The summed E-state index contributed by atoms with van der Waals surface area (Å²) in [5.74, 6) is -3.25. The molecule has 2 heterocycles. The third-order valence-electron chi connectivity index (χ3n) is 6.22. The van der Waals surface area contributed by atoms with Crippen molar-refractivity contribution in [3.8, 4) is 0 Å². The molecular formula is C28H31F3N6O4S2. The molecule has 1 aromatic heterocycles. The van der Waals surface area contributed by atoms with Gasteiger partial charge in [0.05, 0.1) is 23.7 Å². The minimum absolute atomic E-state index is 0.0717. The fourth-order valence-corrected chi connectivity index (χ4v) is 6.56. The van der Waals surface area contributed by atoms with Gasteiger partial charge in [-0.2, -0.15) is 0 Å². The first-order valence-corrected chi connectivity index (χ1v) is 15.4. The number of anilines is 2.